The minimum Gasteiger partial charge on any atom is -0.271 e. The summed E-state index contributed by atoms with van der Waals surface area (Å²) in [5, 5.41) is 25.9. The third-order valence-electron chi connectivity index (χ3n) is 3.52. The summed E-state index contributed by atoms with van der Waals surface area (Å²) in [6, 6.07) is 4.89. The van der Waals surface area contributed by atoms with Crippen molar-refractivity contribution >= 4 is 52.1 Å². The van der Waals surface area contributed by atoms with Crippen LogP contribution in [0, 0.1) is 20.2 Å². The highest BCUT2D eigenvalue weighted by atomic mass is 35.5. The minimum absolute atomic E-state index is 0.0120. The molecule has 0 saturated carbocycles. The van der Waals surface area contributed by atoms with Crippen molar-refractivity contribution in [3.63, 3.8) is 0 Å². The van der Waals surface area contributed by atoms with Gasteiger partial charge >= 0.3 is 5.69 Å². The Kier molecular flexibility index (Phi) is 4.83. The van der Waals surface area contributed by atoms with E-state index in [0.717, 1.165) is 12.1 Å². The van der Waals surface area contributed by atoms with Gasteiger partial charge in [-0.05, 0) is 12.1 Å². The summed E-state index contributed by atoms with van der Waals surface area (Å²) in [6.07, 6.45) is 4.86. The van der Waals surface area contributed by atoms with E-state index < -0.39 is 26.6 Å². The molecule has 0 saturated heterocycles. The van der Waals surface area contributed by atoms with Gasteiger partial charge in [-0.15, -0.1) is 11.6 Å². The third-order valence-corrected chi connectivity index (χ3v) is 4.08. The van der Waals surface area contributed by atoms with Crippen molar-refractivity contribution in [2.75, 3.05) is 5.43 Å². The second kappa shape index (κ2) is 7.06. The Labute approximate surface area is 156 Å². The van der Waals surface area contributed by atoms with Gasteiger partial charge in [0.15, 0.2) is 0 Å². The van der Waals surface area contributed by atoms with Crippen LogP contribution in [0.2, 0.25) is 5.02 Å². The van der Waals surface area contributed by atoms with Gasteiger partial charge in [-0.2, -0.15) is 5.10 Å². The number of halogens is 2. The molecule has 132 valence electrons. The molecule has 1 unspecified atom stereocenters. The van der Waals surface area contributed by atoms with Crippen LogP contribution >= 0.6 is 23.2 Å². The Morgan fingerprint density at radius 1 is 1.19 bits per heavy atom. The van der Waals surface area contributed by atoms with E-state index in [1.54, 1.807) is 18.2 Å². The predicted molar refractivity (Wildman–Crippen MR) is 97.8 cm³/mol. The number of nitrogens with zero attached hydrogens (tertiary/aromatic N) is 4. The van der Waals surface area contributed by atoms with Crippen LogP contribution in [0.25, 0.3) is 6.08 Å². The number of non-ortho nitro benzene ring substituents is 1. The van der Waals surface area contributed by atoms with Crippen LogP contribution in [-0.4, -0.2) is 25.9 Å². The van der Waals surface area contributed by atoms with Gasteiger partial charge in [-0.3, -0.25) is 30.6 Å². The van der Waals surface area contributed by atoms with Crippen molar-refractivity contribution in [3.05, 3.63) is 73.0 Å². The zero-order chi connectivity index (χ0) is 18.8. The molecule has 0 fully saturated rings. The van der Waals surface area contributed by atoms with Crippen molar-refractivity contribution in [3.8, 4) is 0 Å². The van der Waals surface area contributed by atoms with Crippen molar-refractivity contribution in [2.24, 2.45) is 5.10 Å². The van der Waals surface area contributed by atoms with Gasteiger partial charge in [0.2, 0.25) is 0 Å². The molecule has 0 bridgehead atoms. The number of fused-ring (bicyclic) bond motifs is 1. The molecule has 0 aliphatic heterocycles. The fourth-order valence-electron chi connectivity index (χ4n) is 2.32. The van der Waals surface area contributed by atoms with Gasteiger partial charge < -0.3 is 0 Å². The second-order valence-corrected chi connectivity index (χ2v) is 6.08. The summed E-state index contributed by atoms with van der Waals surface area (Å²) in [7, 11) is 0. The molecule has 9 nitrogen and oxygen atoms in total. The predicted octanol–water partition coefficient (Wildman–Crippen LogP) is 4.00. The molecule has 1 aromatic heterocycles. The molecule has 26 heavy (non-hydrogen) atoms. The van der Waals surface area contributed by atoms with E-state index in [2.05, 4.69) is 15.5 Å². The van der Waals surface area contributed by atoms with Crippen LogP contribution in [0.4, 0.5) is 17.1 Å². The number of rotatable bonds is 4. The summed E-state index contributed by atoms with van der Waals surface area (Å²) in [4.78, 5) is 24.7. The number of hydrogen-bond acceptors (Lipinski definition) is 7. The number of nitro benzene ring substituents is 2. The molecular weight excluding hydrogens is 385 g/mol. The first kappa shape index (κ1) is 17.8. The topological polar surface area (TPSA) is 124 Å². The van der Waals surface area contributed by atoms with E-state index in [-0.39, 0.29) is 5.69 Å². The second-order valence-electron chi connectivity index (χ2n) is 5.18. The average molecular weight is 394 g/mol. The maximum atomic E-state index is 11.2. The van der Waals surface area contributed by atoms with Gasteiger partial charge in [-0.25, -0.2) is 0 Å². The molecule has 1 aliphatic carbocycles. The molecule has 1 heterocycles. The SMILES string of the molecule is O=[N+]([O-])c1ccc(NN=C2c3ncc(Cl)cc3C=CC2Cl)c([N+](=O)[O-])c1. The van der Waals surface area contributed by atoms with E-state index >= 15 is 0 Å². The number of alkyl halides is 1. The van der Waals surface area contributed by atoms with Crippen LogP contribution in [0.3, 0.4) is 0 Å². The minimum atomic E-state index is -0.736. The normalized spacial score (nSPS) is 17.0. The first-order valence-corrected chi connectivity index (χ1v) is 7.93. The quantitative estimate of drug-likeness (QED) is 0.475. The monoisotopic (exact) mass is 393 g/mol. The number of nitrogens with one attached hydrogen (secondary N) is 1. The molecule has 1 aromatic carbocycles. The average Bonchev–Trinajstić information content (AvgIpc) is 2.60. The van der Waals surface area contributed by atoms with Gasteiger partial charge in [0.05, 0.1) is 32.0 Å². The van der Waals surface area contributed by atoms with Gasteiger partial charge in [0, 0.05) is 17.8 Å². The molecule has 1 aliphatic rings. The van der Waals surface area contributed by atoms with Crippen molar-refractivity contribution in [1.82, 2.24) is 4.98 Å². The molecule has 11 heteroatoms. The number of pyridine rings is 1. The first-order valence-electron chi connectivity index (χ1n) is 7.11. The zero-order valence-corrected chi connectivity index (χ0v) is 14.3. The Balaban J connectivity index is 1.99. The molecule has 0 amide bonds. The standard InChI is InChI=1S/C15H9Cl2N5O4/c16-9-5-8-1-3-11(17)15(14(8)18-7-9)20-19-12-4-2-10(21(23)24)6-13(12)22(25)26/h1-7,11,19H. The van der Waals surface area contributed by atoms with Gasteiger partial charge in [0.25, 0.3) is 5.69 Å². The lowest BCUT2D eigenvalue weighted by molar-refractivity contribution is -0.393. The summed E-state index contributed by atoms with van der Waals surface area (Å²) in [5.74, 6) is 0. The fourth-order valence-corrected chi connectivity index (χ4v) is 2.71. The van der Waals surface area contributed by atoms with E-state index in [4.69, 9.17) is 23.2 Å². The van der Waals surface area contributed by atoms with Crippen LogP contribution in [0.15, 0.2) is 41.6 Å². The van der Waals surface area contributed by atoms with Crippen molar-refractivity contribution in [2.45, 2.75) is 5.38 Å². The maximum Gasteiger partial charge on any atom is 0.301 e. The number of benzene rings is 1. The number of nitro groups is 2. The Hall–Kier alpha value is -3.04. The van der Waals surface area contributed by atoms with Gasteiger partial charge in [-0.1, -0.05) is 23.8 Å². The zero-order valence-electron chi connectivity index (χ0n) is 12.8. The summed E-state index contributed by atoms with van der Waals surface area (Å²) >= 11 is 12.1. The highest BCUT2D eigenvalue weighted by molar-refractivity contribution is 6.38. The molecule has 2 aromatic rings. The lowest BCUT2D eigenvalue weighted by Crippen LogP contribution is -2.21. The number of aromatic nitrogens is 1. The smallest absolute Gasteiger partial charge is 0.271 e. The van der Waals surface area contributed by atoms with Crippen LogP contribution in [0.1, 0.15) is 11.3 Å². The molecule has 1 N–H and O–H groups in total. The van der Waals surface area contributed by atoms with Crippen LogP contribution < -0.4 is 5.43 Å². The summed E-state index contributed by atoms with van der Waals surface area (Å²) in [5.41, 5.74) is 3.18. The first-order chi connectivity index (χ1) is 12.4. The number of allylic oxidation sites excluding steroid dienone is 1. The number of hydrogen-bond donors (Lipinski definition) is 1. The van der Waals surface area contributed by atoms with Crippen LogP contribution in [0.5, 0.6) is 0 Å². The van der Waals surface area contributed by atoms with E-state index in [1.165, 1.54) is 12.3 Å². The highest BCUT2D eigenvalue weighted by Crippen LogP contribution is 2.30. The lowest BCUT2D eigenvalue weighted by Gasteiger charge is -2.16. The largest absolute Gasteiger partial charge is 0.301 e. The highest BCUT2D eigenvalue weighted by Gasteiger charge is 2.23. The Bertz CT molecular complexity index is 977. The Morgan fingerprint density at radius 3 is 2.65 bits per heavy atom. The molecular formula is C15H9Cl2N5O4. The fraction of sp³-hybridized carbons (Fsp3) is 0.0667. The summed E-state index contributed by atoms with van der Waals surface area (Å²) in [6.45, 7) is 0. The molecule has 0 spiro atoms. The van der Waals surface area contributed by atoms with Crippen molar-refractivity contribution < 1.29 is 9.85 Å². The molecule has 3 rings (SSSR count). The Morgan fingerprint density at radius 2 is 1.96 bits per heavy atom. The van der Waals surface area contributed by atoms with E-state index in [0.29, 0.717) is 22.0 Å². The van der Waals surface area contributed by atoms with Crippen LogP contribution in [-0.2, 0) is 0 Å². The molecule has 0 radical (unpaired) electrons. The lowest BCUT2D eigenvalue weighted by atomic mass is 10.0. The van der Waals surface area contributed by atoms with E-state index in [1.807, 2.05) is 0 Å². The third kappa shape index (κ3) is 3.48. The molecule has 1 atom stereocenters. The van der Waals surface area contributed by atoms with E-state index in [9.17, 15) is 20.2 Å². The van der Waals surface area contributed by atoms with Gasteiger partial charge in [0.1, 0.15) is 11.4 Å². The van der Waals surface area contributed by atoms with Crippen molar-refractivity contribution in [1.29, 1.82) is 0 Å². The summed E-state index contributed by atoms with van der Waals surface area (Å²) < 4.78 is 0. The number of anilines is 1. The number of hydrazone groups is 1. The maximum absolute atomic E-state index is 11.2.